The lowest BCUT2D eigenvalue weighted by atomic mass is 10.3. The molecule has 0 saturated carbocycles. The first-order chi connectivity index (χ1) is 6.94. The first-order valence-electron chi connectivity index (χ1n) is 4.11. The highest BCUT2D eigenvalue weighted by molar-refractivity contribution is 7.92. The highest BCUT2D eigenvalue weighted by Gasteiger charge is 2.08. The van der Waals surface area contributed by atoms with Gasteiger partial charge in [0.25, 0.3) is 0 Å². The number of sulfonamides is 1. The number of halogens is 1. The van der Waals surface area contributed by atoms with Crippen LogP contribution in [0.25, 0.3) is 0 Å². The number of nitrogen functional groups attached to an aromatic ring is 1. The second-order valence-corrected chi connectivity index (χ2v) is 4.68. The number of nitrogens with one attached hydrogen (secondary N) is 1. The highest BCUT2D eigenvalue weighted by Crippen LogP contribution is 2.17. The molecule has 6 heteroatoms. The van der Waals surface area contributed by atoms with Crippen LogP contribution in [0.4, 0.5) is 15.8 Å². The van der Waals surface area contributed by atoms with E-state index in [1.807, 2.05) is 0 Å². The van der Waals surface area contributed by atoms with E-state index in [9.17, 15) is 12.8 Å². The maximum atomic E-state index is 12.8. The van der Waals surface area contributed by atoms with Crippen LogP contribution in [0.2, 0.25) is 0 Å². The van der Waals surface area contributed by atoms with E-state index in [0.29, 0.717) is 0 Å². The van der Waals surface area contributed by atoms with Gasteiger partial charge in [-0.25, -0.2) is 12.8 Å². The van der Waals surface area contributed by atoms with Crippen molar-refractivity contribution < 1.29 is 12.8 Å². The smallest absolute Gasteiger partial charge is 0.236 e. The Balaban J connectivity index is 2.91. The Labute approximate surface area is 87.7 Å². The number of hydrogen-bond acceptors (Lipinski definition) is 3. The van der Waals surface area contributed by atoms with Crippen LogP contribution in [-0.4, -0.2) is 14.2 Å². The molecule has 0 atom stereocenters. The quantitative estimate of drug-likeness (QED) is 0.605. The minimum atomic E-state index is -3.46. The molecule has 0 unspecified atom stereocenters. The molecule has 0 aliphatic carbocycles. The molecular weight excluding hydrogens is 219 g/mol. The van der Waals surface area contributed by atoms with Crippen LogP contribution in [0, 0.1) is 5.82 Å². The molecule has 82 valence electrons. The van der Waals surface area contributed by atoms with Gasteiger partial charge in [-0.1, -0.05) is 6.08 Å². The molecule has 0 spiro atoms. The van der Waals surface area contributed by atoms with Crippen molar-refractivity contribution >= 4 is 21.4 Å². The number of nitrogens with two attached hydrogens (primary N) is 1. The minimum absolute atomic E-state index is 0.103. The molecule has 1 aromatic carbocycles. The molecule has 4 nitrogen and oxygen atoms in total. The molecule has 0 bridgehead atoms. The monoisotopic (exact) mass is 230 g/mol. The Kier molecular flexibility index (Phi) is 3.31. The van der Waals surface area contributed by atoms with E-state index in [0.717, 1.165) is 6.07 Å². The largest absolute Gasteiger partial charge is 0.396 e. The molecule has 0 saturated heterocycles. The van der Waals surface area contributed by atoms with Gasteiger partial charge in [-0.05, 0) is 18.2 Å². The summed E-state index contributed by atoms with van der Waals surface area (Å²) in [6.07, 6.45) is 1.26. The Morgan fingerprint density at radius 1 is 1.53 bits per heavy atom. The molecule has 3 N–H and O–H groups in total. The third-order valence-corrected chi connectivity index (χ3v) is 2.83. The van der Waals surface area contributed by atoms with Crippen LogP contribution in [0.15, 0.2) is 30.9 Å². The molecule has 0 fully saturated rings. The Morgan fingerprint density at radius 2 is 2.20 bits per heavy atom. The number of anilines is 2. The zero-order chi connectivity index (χ0) is 11.5. The maximum Gasteiger partial charge on any atom is 0.236 e. The van der Waals surface area contributed by atoms with Gasteiger partial charge in [-0.3, -0.25) is 4.72 Å². The molecule has 0 amide bonds. The minimum Gasteiger partial charge on any atom is -0.396 e. The van der Waals surface area contributed by atoms with Gasteiger partial charge in [0.05, 0.1) is 17.1 Å². The molecule has 15 heavy (non-hydrogen) atoms. The summed E-state index contributed by atoms with van der Waals surface area (Å²) in [6, 6.07) is 3.61. The summed E-state index contributed by atoms with van der Waals surface area (Å²) in [5, 5.41) is 0. The third kappa shape index (κ3) is 3.25. The first-order valence-corrected chi connectivity index (χ1v) is 5.76. The van der Waals surface area contributed by atoms with Gasteiger partial charge in [-0.15, -0.1) is 6.58 Å². The summed E-state index contributed by atoms with van der Waals surface area (Å²) in [6.45, 7) is 3.32. The highest BCUT2D eigenvalue weighted by atomic mass is 32.2. The fourth-order valence-corrected chi connectivity index (χ4v) is 1.86. The number of hydrogen-bond donors (Lipinski definition) is 2. The first kappa shape index (κ1) is 11.5. The summed E-state index contributed by atoms with van der Waals surface area (Å²) in [5.41, 5.74) is 5.41. The van der Waals surface area contributed by atoms with E-state index < -0.39 is 15.8 Å². The second-order valence-electron chi connectivity index (χ2n) is 2.91. The molecular formula is C9H11FN2O2S. The number of benzene rings is 1. The second kappa shape index (κ2) is 4.31. The standard InChI is InChI=1S/C9H11FN2O2S/c1-2-5-15(13,14)12-7-3-4-8(10)9(11)6-7/h2-4,6,12H,1,5,11H2. The van der Waals surface area contributed by atoms with Crippen LogP contribution in [-0.2, 0) is 10.0 Å². The maximum absolute atomic E-state index is 12.8. The van der Waals surface area contributed by atoms with Crippen molar-refractivity contribution in [1.29, 1.82) is 0 Å². The van der Waals surface area contributed by atoms with Crippen LogP contribution in [0.1, 0.15) is 0 Å². The fourth-order valence-electron chi connectivity index (χ4n) is 0.984. The average molecular weight is 230 g/mol. The number of rotatable bonds is 4. The predicted octanol–water partition coefficient (Wildman–Crippen LogP) is 1.34. The van der Waals surface area contributed by atoms with Crippen molar-refractivity contribution in [2.24, 2.45) is 0 Å². The Morgan fingerprint density at radius 3 is 2.73 bits per heavy atom. The van der Waals surface area contributed by atoms with Gasteiger partial charge in [0.15, 0.2) is 0 Å². The SMILES string of the molecule is C=CCS(=O)(=O)Nc1ccc(F)c(N)c1. The van der Waals surface area contributed by atoms with Gasteiger partial charge in [0.2, 0.25) is 10.0 Å². The molecule has 0 aromatic heterocycles. The van der Waals surface area contributed by atoms with Gasteiger partial charge in [-0.2, -0.15) is 0 Å². The summed E-state index contributed by atoms with van der Waals surface area (Å²) in [5.74, 6) is -0.786. The van der Waals surface area contributed by atoms with Crippen LogP contribution >= 0.6 is 0 Å². The van der Waals surface area contributed by atoms with Crippen molar-refractivity contribution in [3.63, 3.8) is 0 Å². The van der Waals surface area contributed by atoms with Crippen LogP contribution in [0.3, 0.4) is 0 Å². The molecule has 0 aliphatic heterocycles. The van der Waals surface area contributed by atoms with Gasteiger partial charge in [0.1, 0.15) is 5.82 Å². The van der Waals surface area contributed by atoms with E-state index in [1.54, 1.807) is 0 Å². The van der Waals surface area contributed by atoms with E-state index >= 15 is 0 Å². The van der Waals surface area contributed by atoms with Crippen LogP contribution < -0.4 is 10.5 Å². The average Bonchev–Trinajstić information content (AvgIpc) is 2.10. The summed E-state index contributed by atoms with van der Waals surface area (Å²) < 4.78 is 37.6. The summed E-state index contributed by atoms with van der Waals surface area (Å²) >= 11 is 0. The Hall–Kier alpha value is -1.56. The van der Waals surface area contributed by atoms with Crippen molar-refractivity contribution in [3.05, 3.63) is 36.7 Å². The van der Waals surface area contributed by atoms with E-state index in [2.05, 4.69) is 11.3 Å². The van der Waals surface area contributed by atoms with E-state index in [-0.39, 0.29) is 17.1 Å². The molecule has 0 radical (unpaired) electrons. The zero-order valence-corrected chi connectivity index (χ0v) is 8.72. The van der Waals surface area contributed by atoms with Gasteiger partial charge < -0.3 is 5.73 Å². The fraction of sp³-hybridized carbons (Fsp3) is 0.111. The van der Waals surface area contributed by atoms with Crippen LogP contribution in [0.5, 0.6) is 0 Å². The lowest BCUT2D eigenvalue weighted by Crippen LogP contribution is -2.15. The van der Waals surface area contributed by atoms with E-state index in [1.165, 1.54) is 18.2 Å². The summed E-state index contributed by atoms with van der Waals surface area (Å²) in [7, 11) is -3.46. The summed E-state index contributed by atoms with van der Waals surface area (Å²) in [4.78, 5) is 0. The Bertz CT molecular complexity index is 471. The molecule has 0 aliphatic rings. The normalized spacial score (nSPS) is 11.0. The third-order valence-electron chi connectivity index (χ3n) is 1.61. The van der Waals surface area contributed by atoms with Gasteiger partial charge >= 0.3 is 0 Å². The molecule has 1 aromatic rings. The van der Waals surface area contributed by atoms with Gasteiger partial charge in [0, 0.05) is 0 Å². The lowest BCUT2D eigenvalue weighted by molar-refractivity contribution is 0.604. The van der Waals surface area contributed by atoms with Crippen molar-refractivity contribution in [2.75, 3.05) is 16.2 Å². The zero-order valence-electron chi connectivity index (χ0n) is 7.90. The van der Waals surface area contributed by atoms with Crippen molar-refractivity contribution in [1.82, 2.24) is 0 Å². The molecule has 1 rings (SSSR count). The molecule has 0 heterocycles. The van der Waals surface area contributed by atoms with Crippen molar-refractivity contribution in [2.45, 2.75) is 0 Å². The lowest BCUT2D eigenvalue weighted by Gasteiger charge is -2.06. The van der Waals surface area contributed by atoms with Crippen molar-refractivity contribution in [3.8, 4) is 0 Å². The van der Waals surface area contributed by atoms with E-state index in [4.69, 9.17) is 5.73 Å². The predicted molar refractivity (Wildman–Crippen MR) is 58.4 cm³/mol. The topological polar surface area (TPSA) is 72.2 Å².